The Morgan fingerprint density at radius 1 is 0.903 bits per heavy atom. The Morgan fingerprint density at radius 2 is 1.65 bits per heavy atom. The lowest BCUT2D eigenvalue weighted by molar-refractivity contribution is 0.102. The first-order valence-corrected chi connectivity index (χ1v) is 10.4. The van der Waals surface area contributed by atoms with Crippen molar-refractivity contribution in [3.63, 3.8) is 0 Å². The fraction of sp³-hybridized carbons (Fsp3) is 0.0417. The second-order valence-electron chi connectivity index (χ2n) is 7.22. The fourth-order valence-electron chi connectivity index (χ4n) is 3.56. The quantitative estimate of drug-likeness (QED) is 0.346. The van der Waals surface area contributed by atoms with Crippen LogP contribution in [-0.2, 0) is 0 Å². The number of hydrogen-bond acceptors (Lipinski definition) is 3. The highest BCUT2D eigenvalue weighted by Gasteiger charge is 2.15. The molecule has 31 heavy (non-hydrogen) atoms. The van der Waals surface area contributed by atoms with Crippen molar-refractivity contribution in [2.45, 2.75) is 6.92 Å². The van der Waals surface area contributed by atoms with E-state index in [1.54, 1.807) is 23.0 Å². The number of hydrogen-bond donors (Lipinski definition) is 1. The van der Waals surface area contributed by atoms with Gasteiger partial charge in [-0.15, -0.1) is 15.0 Å². The average Bonchev–Trinajstić information content (AvgIpc) is 3.16. The molecule has 7 heteroatoms. The minimum absolute atomic E-state index is 0.297. The van der Waals surface area contributed by atoms with E-state index in [1.165, 1.54) is 0 Å². The van der Waals surface area contributed by atoms with Gasteiger partial charge in [0.2, 0.25) is 0 Å². The van der Waals surface area contributed by atoms with E-state index in [0.29, 0.717) is 26.8 Å². The highest BCUT2D eigenvalue weighted by atomic mass is 35.5. The SMILES string of the molecule is Cc1cc2nn(-c3cccc4ccccc34)nc2cc1NC(=O)c1ccc(Cl)cc1Cl. The highest BCUT2D eigenvalue weighted by molar-refractivity contribution is 6.37. The summed E-state index contributed by atoms with van der Waals surface area (Å²) in [6, 6.07) is 22.6. The van der Waals surface area contributed by atoms with E-state index in [-0.39, 0.29) is 5.91 Å². The Kier molecular flexibility index (Phi) is 4.85. The van der Waals surface area contributed by atoms with Crippen LogP contribution >= 0.6 is 23.2 Å². The number of rotatable bonds is 3. The smallest absolute Gasteiger partial charge is 0.257 e. The van der Waals surface area contributed by atoms with Crippen LogP contribution in [0.5, 0.6) is 0 Å². The van der Waals surface area contributed by atoms with Crippen molar-refractivity contribution < 1.29 is 4.79 Å². The number of amides is 1. The van der Waals surface area contributed by atoms with E-state index in [1.807, 2.05) is 49.4 Å². The van der Waals surface area contributed by atoms with Gasteiger partial charge in [-0.3, -0.25) is 4.79 Å². The van der Waals surface area contributed by atoms with E-state index in [4.69, 9.17) is 23.2 Å². The Labute approximate surface area is 188 Å². The second-order valence-corrected chi connectivity index (χ2v) is 8.07. The first kappa shape index (κ1) is 19.5. The molecular weight excluding hydrogens is 431 g/mol. The Morgan fingerprint density at radius 3 is 2.45 bits per heavy atom. The second kappa shape index (κ2) is 7.69. The summed E-state index contributed by atoms with van der Waals surface area (Å²) in [4.78, 5) is 14.4. The van der Waals surface area contributed by atoms with Crippen LogP contribution in [0.1, 0.15) is 15.9 Å². The van der Waals surface area contributed by atoms with Crippen LogP contribution in [0, 0.1) is 6.92 Å². The summed E-state index contributed by atoms with van der Waals surface area (Å²) in [5, 5.41) is 15.2. The van der Waals surface area contributed by atoms with Crippen molar-refractivity contribution in [3.05, 3.63) is 94.0 Å². The number of nitrogens with one attached hydrogen (secondary N) is 1. The molecular formula is C24H16Cl2N4O. The van der Waals surface area contributed by atoms with Crippen molar-refractivity contribution in [1.29, 1.82) is 0 Å². The topological polar surface area (TPSA) is 59.8 Å². The maximum absolute atomic E-state index is 12.7. The van der Waals surface area contributed by atoms with Gasteiger partial charge in [-0.1, -0.05) is 59.6 Å². The number of aryl methyl sites for hydroxylation is 1. The van der Waals surface area contributed by atoms with Crippen molar-refractivity contribution in [2.75, 3.05) is 5.32 Å². The van der Waals surface area contributed by atoms with Crippen molar-refractivity contribution in [2.24, 2.45) is 0 Å². The molecule has 0 atom stereocenters. The fourth-order valence-corrected chi connectivity index (χ4v) is 4.05. The lowest BCUT2D eigenvalue weighted by atomic mass is 10.1. The molecule has 1 N–H and O–H groups in total. The van der Waals surface area contributed by atoms with Gasteiger partial charge in [0.15, 0.2) is 0 Å². The molecule has 1 amide bonds. The van der Waals surface area contributed by atoms with E-state index in [9.17, 15) is 4.79 Å². The standard InChI is InChI=1S/C24H16Cl2N4O/c1-14-11-21-22(13-20(14)27-24(31)18-10-9-16(25)12-19(18)26)29-30(28-21)23-8-4-6-15-5-2-3-7-17(15)23/h2-13H,1H3,(H,27,31). The molecule has 152 valence electrons. The van der Waals surface area contributed by atoms with E-state index in [2.05, 4.69) is 27.6 Å². The van der Waals surface area contributed by atoms with Gasteiger partial charge in [-0.2, -0.15) is 0 Å². The van der Waals surface area contributed by atoms with Crippen LogP contribution in [0.3, 0.4) is 0 Å². The van der Waals surface area contributed by atoms with Gasteiger partial charge in [-0.05, 0) is 54.3 Å². The normalized spacial score (nSPS) is 11.2. The zero-order chi connectivity index (χ0) is 21.5. The third kappa shape index (κ3) is 3.63. The molecule has 0 spiro atoms. The number of carbonyl (C=O) groups is 1. The molecule has 5 aromatic rings. The first-order chi connectivity index (χ1) is 15.0. The monoisotopic (exact) mass is 446 g/mol. The van der Waals surface area contributed by atoms with Crippen molar-refractivity contribution in [3.8, 4) is 5.69 Å². The largest absolute Gasteiger partial charge is 0.322 e. The molecule has 5 rings (SSSR count). The molecule has 1 aromatic heterocycles. The van der Waals surface area contributed by atoms with Crippen LogP contribution in [0.25, 0.3) is 27.5 Å². The van der Waals surface area contributed by atoms with Gasteiger partial charge in [0.25, 0.3) is 5.91 Å². The predicted molar refractivity (Wildman–Crippen MR) is 126 cm³/mol. The molecule has 0 aliphatic rings. The summed E-state index contributed by atoms with van der Waals surface area (Å²) in [5.74, 6) is -0.314. The van der Waals surface area contributed by atoms with Crippen LogP contribution in [0.2, 0.25) is 10.0 Å². The van der Waals surface area contributed by atoms with Gasteiger partial charge in [0, 0.05) is 16.1 Å². The summed E-state index contributed by atoms with van der Waals surface area (Å²) < 4.78 is 0. The average molecular weight is 447 g/mol. The van der Waals surface area contributed by atoms with Crippen molar-refractivity contribution in [1.82, 2.24) is 15.0 Å². The summed E-state index contributed by atoms with van der Waals surface area (Å²) in [6.45, 7) is 1.91. The molecule has 0 aliphatic heterocycles. The molecule has 1 heterocycles. The van der Waals surface area contributed by atoms with Gasteiger partial charge in [-0.25, -0.2) is 0 Å². The predicted octanol–water partition coefficient (Wildman–Crippen LogP) is 6.44. The maximum atomic E-state index is 12.7. The summed E-state index contributed by atoms with van der Waals surface area (Å²) in [6.07, 6.45) is 0. The lowest BCUT2D eigenvalue weighted by Crippen LogP contribution is -2.13. The van der Waals surface area contributed by atoms with E-state index < -0.39 is 0 Å². The third-order valence-electron chi connectivity index (χ3n) is 5.13. The number of nitrogens with zero attached hydrogens (tertiary/aromatic N) is 3. The van der Waals surface area contributed by atoms with Crippen LogP contribution < -0.4 is 5.32 Å². The summed E-state index contributed by atoms with van der Waals surface area (Å²) in [5.41, 5.74) is 4.18. The highest BCUT2D eigenvalue weighted by Crippen LogP contribution is 2.27. The Hall–Kier alpha value is -3.41. The summed E-state index contributed by atoms with van der Waals surface area (Å²) >= 11 is 12.1. The molecule has 0 aliphatic carbocycles. The molecule has 0 saturated carbocycles. The Balaban J connectivity index is 1.53. The number of carbonyl (C=O) groups excluding carboxylic acids is 1. The van der Waals surface area contributed by atoms with E-state index >= 15 is 0 Å². The van der Waals surface area contributed by atoms with Crippen LogP contribution in [-0.4, -0.2) is 20.9 Å². The zero-order valence-corrected chi connectivity index (χ0v) is 17.9. The molecule has 0 unspecified atom stereocenters. The van der Waals surface area contributed by atoms with Crippen molar-refractivity contribution >= 4 is 56.6 Å². The van der Waals surface area contributed by atoms with Crippen LogP contribution in [0.15, 0.2) is 72.8 Å². The van der Waals surface area contributed by atoms with Gasteiger partial charge < -0.3 is 5.32 Å². The maximum Gasteiger partial charge on any atom is 0.257 e. The Bertz CT molecular complexity index is 1470. The number of aromatic nitrogens is 3. The van der Waals surface area contributed by atoms with Gasteiger partial charge >= 0.3 is 0 Å². The molecule has 0 fully saturated rings. The number of fused-ring (bicyclic) bond motifs is 2. The number of halogens is 2. The zero-order valence-electron chi connectivity index (χ0n) is 16.4. The summed E-state index contributed by atoms with van der Waals surface area (Å²) in [7, 11) is 0. The van der Waals surface area contributed by atoms with Gasteiger partial charge in [0.05, 0.1) is 16.3 Å². The number of anilines is 1. The minimum atomic E-state index is -0.314. The third-order valence-corrected chi connectivity index (χ3v) is 5.68. The van der Waals surface area contributed by atoms with Crippen LogP contribution in [0.4, 0.5) is 5.69 Å². The molecule has 4 aromatic carbocycles. The minimum Gasteiger partial charge on any atom is -0.322 e. The molecule has 0 bridgehead atoms. The lowest BCUT2D eigenvalue weighted by Gasteiger charge is -2.09. The molecule has 0 radical (unpaired) electrons. The molecule has 0 saturated heterocycles. The van der Waals surface area contributed by atoms with E-state index in [0.717, 1.165) is 27.5 Å². The first-order valence-electron chi connectivity index (χ1n) is 9.62. The molecule has 5 nitrogen and oxygen atoms in total. The van der Waals surface area contributed by atoms with Gasteiger partial charge in [0.1, 0.15) is 11.0 Å². The number of benzene rings is 4.